The van der Waals surface area contributed by atoms with Crippen molar-refractivity contribution >= 4 is 35.3 Å². The van der Waals surface area contributed by atoms with E-state index in [0.717, 1.165) is 4.90 Å². The minimum atomic E-state index is -0.997. The largest absolute Gasteiger partial charge is 0.460 e. The Balaban J connectivity index is 1.67. The molecule has 1 aromatic rings. The van der Waals surface area contributed by atoms with Gasteiger partial charge in [-0.15, -0.1) is 0 Å². The molecule has 1 aromatic carbocycles. The predicted octanol–water partition coefficient (Wildman–Crippen LogP) is 1.23. The molecule has 2 aliphatic heterocycles. The van der Waals surface area contributed by atoms with Crippen LogP contribution in [0, 0.1) is 0 Å². The lowest BCUT2D eigenvalue weighted by Crippen LogP contribution is -2.54. The Morgan fingerprint density at radius 2 is 1.86 bits per heavy atom. The molecule has 154 valence electrons. The number of fused-ring (bicyclic) bond motifs is 1. The zero-order valence-corrected chi connectivity index (χ0v) is 16.5. The van der Waals surface area contributed by atoms with Gasteiger partial charge in [-0.1, -0.05) is 0 Å². The fourth-order valence-corrected chi connectivity index (χ4v) is 3.28. The summed E-state index contributed by atoms with van der Waals surface area (Å²) < 4.78 is 5.23. The number of anilines is 1. The lowest BCUT2D eigenvalue weighted by molar-refractivity contribution is -0.154. The molecule has 9 heteroatoms. The maximum Gasteiger partial charge on any atom is 0.308 e. The van der Waals surface area contributed by atoms with Crippen LogP contribution in [0.3, 0.4) is 0 Å². The number of carbonyl (C=O) groups excluding carboxylic acids is 5. The number of hydrogen-bond donors (Lipinski definition) is 2. The van der Waals surface area contributed by atoms with Crippen LogP contribution in [0.4, 0.5) is 5.69 Å². The molecule has 2 N–H and O–H groups in total. The molecule has 0 radical (unpaired) electrons. The summed E-state index contributed by atoms with van der Waals surface area (Å²) in [5.41, 5.74) is 0.398. The van der Waals surface area contributed by atoms with Crippen molar-refractivity contribution in [1.29, 1.82) is 0 Å². The summed E-state index contributed by atoms with van der Waals surface area (Å²) in [6, 6.07) is 3.67. The number of piperidine rings is 1. The Labute approximate surface area is 167 Å². The van der Waals surface area contributed by atoms with E-state index in [-0.39, 0.29) is 36.4 Å². The fourth-order valence-electron chi connectivity index (χ4n) is 3.28. The Kier molecular flexibility index (Phi) is 5.41. The van der Waals surface area contributed by atoms with Crippen LogP contribution in [0.25, 0.3) is 0 Å². The molecule has 0 saturated carbocycles. The van der Waals surface area contributed by atoms with Crippen molar-refractivity contribution in [3.8, 4) is 0 Å². The van der Waals surface area contributed by atoms with Crippen molar-refractivity contribution < 1.29 is 28.7 Å². The number of ether oxygens (including phenoxy) is 1. The van der Waals surface area contributed by atoms with Crippen molar-refractivity contribution in [1.82, 2.24) is 10.2 Å². The number of nitrogens with zero attached hydrogens (tertiary/aromatic N) is 1. The molecule has 1 saturated heterocycles. The van der Waals surface area contributed by atoms with Crippen LogP contribution in [0.15, 0.2) is 18.2 Å². The van der Waals surface area contributed by atoms with Gasteiger partial charge in [0.1, 0.15) is 11.6 Å². The summed E-state index contributed by atoms with van der Waals surface area (Å²) in [6.07, 6.45) is 0.321. The molecule has 0 aliphatic carbocycles. The van der Waals surface area contributed by atoms with E-state index in [9.17, 15) is 24.0 Å². The lowest BCUT2D eigenvalue weighted by atomic mass is 10.0. The molecule has 3 rings (SSSR count). The predicted molar refractivity (Wildman–Crippen MR) is 102 cm³/mol. The van der Waals surface area contributed by atoms with E-state index in [1.165, 1.54) is 12.1 Å². The van der Waals surface area contributed by atoms with Crippen molar-refractivity contribution in [3.63, 3.8) is 0 Å². The highest BCUT2D eigenvalue weighted by Crippen LogP contribution is 2.29. The third kappa shape index (κ3) is 4.44. The van der Waals surface area contributed by atoms with E-state index < -0.39 is 35.3 Å². The molecule has 4 amide bonds. The van der Waals surface area contributed by atoms with Crippen molar-refractivity contribution in [2.24, 2.45) is 0 Å². The van der Waals surface area contributed by atoms with Gasteiger partial charge in [-0.2, -0.15) is 0 Å². The first-order valence-corrected chi connectivity index (χ1v) is 9.38. The van der Waals surface area contributed by atoms with E-state index in [0.29, 0.717) is 12.2 Å². The van der Waals surface area contributed by atoms with E-state index in [1.54, 1.807) is 26.8 Å². The van der Waals surface area contributed by atoms with E-state index in [4.69, 9.17) is 4.74 Å². The SMILES string of the molecule is CC(C)(C)OC(=O)CCNc1ccc2c(c1)C(=O)N(C1CCC(=O)NC1=O)C2=O. The highest BCUT2D eigenvalue weighted by atomic mass is 16.6. The summed E-state index contributed by atoms with van der Waals surface area (Å²) in [7, 11) is 0. The quantitative estimate of drug-likeness (QED) is 0.562. The highest BCUT2D eigenvalue weighted by molar-refractivity contribution is 6.23. The van der Waals surface area contributed by atoms with E-state index in [2.05, 4.69) is 10.6 Å². The molecular formula is C20H23N3O6. The number of benzene rings is 1. The second-order valence-electron chi connectivity index (χ2n) is 7.97. The molecule has 29 heavy (non-hydrogen) atoms. The average Bonchev–Trinajstić information content (AvgIpc) is 2.85. The van der Waals surface area contributed by atoms with E-state index in [1.807, 2.05) is 0 Å². The molecule has 0 aromatic heterocycles. The number of rotatable bonds is 5. The summed E-state index contributed by atoms with van der Waals surface area (Å²) in [5.74, 6) is -2.54. The highest BCUT2D eigenvalue weighted by Gasteiger charge is 2.44. The Hall–Kier alpha value is -3.23. The maximum absolute atomic E-state index is 12.8. The van der Waals surface area contributed by atoms with Gasteiger partial charge in [-0.3, -0.25) is 34.2 Å². The summed E-state index contributed by atoms with van der Waals surface area (Å²) in [6.45, 7) is 5.66. The zero-order valence-electron chi connectivity index (χ0n) is 16.5. The second kappa shape index (κ2) is 7.65. The summed E-state index contributed by atoms with van der Waals surface area (Å²) >= 11 is 0. The van der Waals surface area contributed by atoms with Gasteiger partial charge in [0.15, 0.2) is 0 Å². The van der Waals surface area contributed by atoms with Crippen LogP contribution in [-0.2, 0) is 19.1 Å². The number of amides is 4. The molecule has 1 unspecified atom stereocenters. The monoisotopic (exact) mass is 401 g/mol. The Morgan fingerprint density at radius 1 is 1.17 bits per heavy atom. The normalized spacial score (nSPS) is 19.1. The first-order chi connectivity index (χ1) is 13.6. The Morgan fingerprint density at radius 3 is 2.52 bits per heavy atom. The fraction of sp³-hybridized carbons (Fsp3) is 0.450. The van der Waals surface area contributed by atoms with Crippen LogP contribution in [0.5, 0.6) is 0 Å². The van der Waals surface area contributed by atoms with Gasteiger partial charge in [0.2, 0.25) is 11.8 Å². The third-order valence-electron chi connectivity index (χ3n) is 4.52. The van der Waals surface area contributed by atoms with Gasteiger partial charge < -0.3 is 10.1 Å². The molecule has 9 nitrogen and oxygen atoms in total. The average molecular weight is 401 g/mol. The first kappa shape index (κ1) is 20.5. The van der Waals surface area contributed by atoms with Crippen molar-refractivity contribution in [2.45, 2.75) is 51.7 Å². The minimum Gasteiger partial charge on any atom is -0.460 e. The topological polar surface area (TPSA) is 122 Å². The van der Waals surface area contributed by atoms with Gasteiger partial charge in [0, 0.05) is 18.7 Å². The second-order valence-corrected chi connectivity index (χ2v) is 7.97. The molecule has 0 spiro atoms. The molecule has 2 heterocycles. The first-order valence-electron chi connectivity index (χ1n) is 9.38. The minimum absolute atomic E-state index is 0.0707. The molecule has 1 atom stereocenters. The van der Waals surface area contributed by atoms with Crippen LogP contribution in [0.2, 0.25) is 0 Å². The molecule has 2 aliphatic rings. The number of imide groups is 2. The smallest absolute Gasteiger partial charge is 0.308 e. The van der Waals surface area contributed by atoms with Crippen LogP contribution >= 0.6 is 0 Å². The lowest BCUT2D eigenvalue weighted by Gasteiger charge is -2.27. The number of hydrogen-bond acceptors (Lipinski definition) is 7. The third-order valence-corrected chi connectivity index (χ3v) is 4.52. The molecule has 0 bridgehead atoms. The van der Waals surface area contributed by atoms with Gasteiger partial charge in [-0.25, -0.2) is 0 Å². The number of esters is 1. The zero-order chi connectivity index (χ0) is 21.3. The standard InChI is InChI=1S/C20H23N3O6/c1-20(2,3)29-16(25)8-9-21-11-4-5-12-13(10-11)19(28)23(18(12)27)14-6-7-15(24)22-17(14)26/h4-5,10,14,21H,6-9H2,1-3H3,(H,22,24,26). The molecule has 1 fully saturated rings. The van der Waals surface area contributed by atoms with Gasteiger partial charge in [0.25, 0.3) is 11.8 Å². The van der Waals surface area contributed by atoms with Gasteiger partial charge in [-0.05, 0) is 45.4 Å². The number of nitrogens with one attached hydrogen (secondary N) is 2. The van der Waals surface area contributed by atoms with Crippen LogP contribution in [-0.4, -0.2) is 52.7 Å². The van der Waals surface area contributed by atoms with Crippen molar-refractivity contribution in [3.05, 3.63) is 29.3 Å². The summed E-state index contributed by atoms with van der Waals surface area (Å²) in [5, 5.41) is 5.19. The van der Waals surface area contributed by atoms with Crippen LogP contribution in [0.1, 0.15) is 60.7 Å². The number of carbonyl (C=O) groups is 5. The maximum atomic E-state index is 12.8. The summed E-state index contributed by atoms with van der Waals surface area (Å²) in [4.78, 5) is 61.5. The van der Waals surface area contributed by atoms with Gasteiger partial charge >= 0.3 is 5.97 Å². The van der Waals surface area contributed by atoms with Crippen molar-refractivity contribution in [2.75, 3.05) is 11.9 Å². The Bertz CT molecular complexity index is 902. The molecular weight excluding hydrogens is 378 g/mol. The van der Waals surface area contributed by atoms with E-state index >= 15 is 0 Å². The van der Waals surface area contributed by atoms with Crippen LogP contribution < -0.4 is 10.6 Å². The van der Waals surface area contributed by atoms with Gasteiger partial charge in [0.05, 0.1) is 17.5 Å².